The lowest BCUT2D eigenvalue weighted by Crippen LogP contribution is -2.42. The fourth-order valence-electron chi connectivity index (χ4n) is 1.38. The number of amides is 2. The molecule has 1 atom stereocenters. The third kappa shape index (κ3) is 5.05. The average molecular weight is 335 g/mol. The van der Waals surface area contributed by atoms with Crippen LogP contribution in [-0.2, 0) is 11.3 Å². The smallest absolute Gasteiger partial charge is 0.317 e. The second kappa shape index (κ2) is 6.75. The normalized spacial score (nSPS) is 11.9. The van der Waals surface area contributed by atoms with Gasteiger partial charge in [0, 0.05) is 27.8 Å². The quantitative estimate of drug-likeness (QED) is 0.869. The number of rotatable bonds is 5. The summed E-state index contributed by atoms with van der Waals surface area (Å²) in [7, 11) is 1.68. The van der Waals surface area contributed by atoms with Gasteiger partial charge >= 0.3 is 12.0 Å². The molecule has 1 unspecified atom stereocenters. The summed E-state index contributed by atoms with van der Waals surface area (Å²) in [6, 6.07) is 1.30. The average Bonchev–Trinajstić information content (AvgIpc) is 2.62. The van der Waals surface area contributed by atoms with Gasteiger partial charge in [0.2, 0.25) is 0 Å². The number of thiophene rings is 1. The van der Waals surface area contributed by atoms with Gasteiger partial charge in [0.25, 0.3) is 0 Å². The van der Waals surface area contributed by atoms with Gasteiger partial charge in [0.05, 0.1) is 13.0 Å². The van der Waals surface area contributed by atoms with Crippen molar-refractivity contribution in [2.24, 2.45) is 0 Å². The van der Waals surface area contributed by atoms with Crippen LogP contribution in [0, 0.1) is 0 Å². The van der Waals surface area contributed by atoms with Crippen LogP contribution in [0.15, 0.2) is 15.9 Å². The molecule has 2 amide bonds. The highest BCUT2D eigenvalue weighted by atomic mass is 79.9. The highest BCUT2D eigenvalue weighted by Crippen LogP contribution is 2.20. The Morgan fingerprint density at radius 3 is 2.78 bits per heavy atom. The minimum Gasteiger partial charge on any atom is -0.481 e. The number of carboxylic acid groups (broad SMARTS) is 1. The number of urea groups is 1. The number of nitrogens with one attached hydrogen (secondary N) is 1. The zero-order chi connectivity index (χ0) is 13.7. The van der Waals surface area contributed by atoms with Crippen molar-refractivity contribution in [2.75, 3.05) is 7.05 Å². The highest BCUT2D eigenvalue weighted by Gasteiger charge is 2.14. The number of carbonyl (C=O) groups excluding carboxylic acids is 1. The van der Waals surface area contributed by atoms with E-state index in [-0.39, 0.29) is 18.5 Å². The largest absolute Gasteiger partial charge is 0.481 e. The third-order valence-electron chi connectivity index (χ3n) is 2.21. The summed E-state index contributed by atoms with van der Waals surface area (Å²) in [5.41, 5.74) is 0. The Morgan fingerprint density at radius 1 is 1.61 bits per heavy atom. The summed E-state index contributed by atoms with van der Waals surface area (Å²) in [5.74, 6) is -0.923. The number of halogens is 1. The monoisotopic (exact) mass is 334 g/mol. The first-order chi connectivity index (χ1) is 8.38. The molecule has 5 nitrogen and oxygen atoms in total. The van der Waals surface area contributed by atoms with Gasteiger partial charge in [-0.05, 0) is 28.9 Å². The maximum absolute atomic E-state index is 11.8. The van der Waals surface area contributed by atoms with Gasteiger partial charge in [0.15, 0.2) is 0 Å². The topological polar surface area (TPSA) is 69.6 Å². The molecule has 100 valence electrons. The zero-order valence-corrected chi connectivity index (χ0v) is 12.5. The van der Waals surface area contributed by atoms with Crippen LogP contribution in [0.3, 0.4) is 0 Å². The number of aliphatic carboxylic acids is 1. The van der Waals surface area contributed by atoms with E-state index in [2.05, 4.69) is 21.2 Å². The first-order valence-corrected chi connectivity index (χ1v) is 7.02. The number of hydrogen-bond donors (Lipinski definition) is 2. The molecule has 1 aromatic heterocycles. The van der Waals surface area contributed by atoms with E-state index in [1.807, 2.05) is 11.4 Å². The van der Waals surface area contributed by atoms with Crippen molar-refractivity contribution >= 4 is 39.3 Å². The van der Waals surface area contributed by atoms with E-state index < -0.39 is 5.97 Å². The maximum Gasteiger partial charge on any atom is 0.317 e. The van der Waals surface area contributed by atoms with Gasteiger partial charge in [-0.2, -0.15) is 0 Å². The summed E-state index contributed by atoms with van der Waals surface area (Å²) < 4.78 is 0.996. The summed E-state index contributed by atoms with van der Waals surface area (Å²) in [6.45, 7) is 2.17. The van der Waals surface area contributed by atoms with Crippen LogP contribution in [-0.4, -0.2) is 35.1 Å². The van der Waals surface area contributed by atoms with Gasteiger partial charge in [-0.1, -0.05) is 0 Å². The molecule has 0 aliphatic carbocycles. The molecule has 0 aromatic carbocycles. The summed E-state index contributed by atoms with van der Waals surface area (Å²) in [6.07, 6.45) is -0.0792. The predicted molar refractivity (Wildman–Crippen MR) is 73.7 cm³/mol. The van der Waals surface area contributed by atoms with Crippen molar-refractivity contribution in [3.8, 4) is 0 Å². The van der Waals surface area contributed by atoms with E-state index in [1.165, 1.54) is 4.90 Å². The van der Waals surface area contributed by atoms with E-state index >= 15 is 0 Å². The molecule has 1 aromatic rings. The lowest BCUT2D eigenvalue weighted by molar-refractivity contribution is -0.137. The molecule has 0 aliphatic heterocycles. The number of carboxylic acids is 1. The van der Waals surface area contributed by atoms with Crippen LogP contribution in [0.2, 0.25) is 0 Å². The number of carbonyl (C=O) groups is 2. The van der Waals surface area contributed by atoms with Crippen molar-refractivity contribution < 1.29 is 14.7 Å². The maximum atomic E-state index is 11.8. The van der Waals surface area contributed by atoms with Crippen molar-refractivity contribution in [3.63, 3.8) is 0 Å². The lowest BCUT2D eigenvalue weighted by Gasteiger charge is -2.20. The minimum absolute atomic E-state index is 0.0792. The Morgan fingerprint density at radius 2 is 2.28 bits per heavy atom. The van der Waals surface area contributed by atoms with Crippen LogP contribution in [0.1, 0.15) is 18.2 Å². The minimum atomic E-state index is -0.923. The van der Waals surface area contributed by atoms with E-state index in [0.29, 0.717) is 6.54 Å². The standard InChI is InChI=1S/C11H15BrN2O3S/c1-7(3-10(15)16)13-11(17)14(2)5-9-4-8(12)6-18-9/h4,6-7H,3,5H2,1-2H3,(H,13,17)(H,15,16). The molecule has 2 N–H and O–H groups in total. The van der Waals surface area contributed by atoms with E-state index in [1.54, 1.807) is 25.3 Å². The fourth-order valence-corrected chi connectivity index (χ4v) is 2.88. The molecule has 0 radical (unpaired) electrons. The van der Waals surface area contributed by atoms with E-state index in [9.17, 15) is 9.59 Å². The number of hydrogen-bond acceptors (Lipinski definition) is 3. The second-order valence-corrected chi connectivity index (χ2v) is 5.95. The Kier molecular flexibility index (Phi) is 5.61. The van der Waals surface area contributed by atoms with Gasteiger partial charge < -0.3 is 15.3 Å². The molecule has 0 fully saturated rings. The molecule has 1 rings (SSSR count). The van der Waals surface area contributed by atoms with Crippen LogP contribution in [0.4, 0.5) is 4.79 Å². The van der Waals surface area contributed by atoms with Crippen LogP contribution in [0.5, 0.6) is 0 Å². The van der Waals surface area contributed by atoms with Crippen LogP contribution < -0.4 is 5.32 Å². The molecule has 0 saturated carbocycles. The SMILES string of the molecule is CC(CC(=O)O)NC(=O)N(C)Cc1cc(Br)cs1. The molecular weight excluding hydrogens is 320 g/mol. The first kappa shape index (κ1) is 15.0. The second-order valence-electron chi connectivity index (χ2n) is 4.04. The van der Waals surface area contributed by atoms with Gasteiger partial charge in [-0.3, -0.25) is 4.79 Å². The van der Waals surface area contributed by atoms with Gasteiger partial charge in [0.1, 0.15) is 0 Å². The van der Waals surface area contributed by atoms with Crippen molar-refractivity contribution in [3.05, 3.63) is 20.8 Å². The van der Waals surface area contributed by atoms with E-state index in [4.69, 9.17) is 5.11 Å². The summed E-state index contributed by atoms with van der Waals surface area (Å²) in [5, 5.41) is 13.2. The Bertz CT molecular complexity index is 436. The molecule has 0 saturated heterocycles. The molecule has 7 heteroatoms. The molecule has 18 heavy (non-hydrogen) atoms. The van der Waals surface area contributed by atoms with Crippen molar-refractivity contribution in [2.45, 2.75) is 25.9 Å². The van der Waals surface area contributed by atoms with Crippen molar-refractivity contribution in [1.82, 2.24) is 10.2 Å². The summed E-state index contributed by atoms with van der Waals surface area (Å²) >= 11 is 4.91. The summed E-state index contributed by atoms with van der Waals surface area (Å²) in [4.78, 5) is 24.8. The highest BCUT2D eigenvalue weighted by molar-refractivity contribution is 9.10. The van der Waals surface area contributed by atoms with Crippen LogP contribution in [0.25, 0.3) is 0 Å². The van der Waals surface area contributed by atoms with Crippen LogP contribution >= 0.6 is 27.3 Å². The Balaban J connectivity index is 2.44. The van der Waals surface area contributed by atoms with Crippen molar-refractivity contribution in [1.29, 1.82) is 0 Å². The molecule has 0 spiro atoms. The molecule has 1 heterocycles. The lowest BCUT2D eigenvalue weighted by atomic mass is 10.2. The van der Waals surface area contributed by atoms with Gasteiger partial charge in [-0.15, -0.1) is 11.3 Å². The molecule has 0 aliphatic rings. The third-order valence-corrected chi connectivity index (χ3v) is 3.89. The Hall–Kier alpha value is -1.08. The fraction of sp³-hybridized carbons (Fsp3) is 0.455. The first-order valence-electron chi connectivity index (χ1n) is 5.35. The van der Waals surface area contributed by atoms with E-state index in [0.717, 1.165) is 9.35 Å². The molecular formula is C11H15BrN2O3S. The van der Waals surface area contributed by atoms with Gasteiger partial charge in [-0.25, -0.2) is 4.79 Å². The Labute approximate surface area is 118 Å². The number of nitrogens with zero attached hydrogens (tertiary/aromatic N) is 1. The predicted octanol–water partition coefficient (Wildman–Crippen LogP) is 2.52. The zero-order valence-electron chi connectivity index (χ0n) is 10.1. The molecule has 0 bridgehead atoms.